The molecule has 1 aliphatic rings. The summed E-state index contributed by atoms with van der Waals surface area (Å²) in [6.07, 6.45) is 0. The van der Waals surface area contributed by atoms with Crippen LogP contribution >= 0.6 is 0 Å². The number of hydrogen-bond acceptors (Lipinski definition) is 2. The fourth-order valence-electron chi connectivity index (χ4n) is 10.8. The Kier molecular flexibility index (Phi) is 8.85. The Morgan fingerprint density at radius 2 is 0.900 bits per heavy atom. The van der Waals surface area contributed by atoms with Crippen LogP contribution in [-0.2, 0) is 5.41 Å². The van der Waals surface area contributed by atoms with Gasteiger partial charge in [0.05, 0.1) is 16.5 Å². The second-order valence-corrected chi connectivity index (χ2v) is 18.7. The average molecular weight is 900 g/mol. The molecule has 1 heterocycles. The van der Waals surface area contributed by atoms with Crippen molar-refractivity contribution in [2.45, 2.75) is 19.3 Å². The lowest BCUT2D eigenvalue weighted by molar-refractivity contribution is 0.660. The van der Waals surface area contributed by atoms with E-state index in [9.17, 15) is 5.48 Å². The zero-order valence-electron chi connectivity index (χ0n) is 42.9. The van der Waals surface area contributed by atoms with Crippen molar-refractivity contribution in [1.82, 2.24) is 4.57 Å². The molecule has 70 heavy (non-hydrogen) atoms. The molecule has 0 amide bonds. The van der Waals surface area contributed by atoms with Gasteiger partial charge in [-0.2, -0.15) is 0 Å². The van der Waals surface area contributed by atoms with Crippen molar-refractivity contribution in [3.63, 3.8) is 0 Å². The number of benzene rings is 11. The van der Waals surface area contributed by atoms with Crippen LogP contribution in [0.3, 0.4) is 0 Å². The third kappa shape index (κ3) is 6.97. The van der Waals surface area contributed by atoms with E-state index in [0.717, 1.165) is 72.4 Å². The van der Waals surface area contributed by atoms with Gasteiger partial charge >= 0.3 is 0 Å². The van der Waals surface area contributed by atoms with Gasteiger partial charge in [0.25, 0.3) is 0 Å². The minimum atomic E-state index is -0.197. The van der Waals surface area contributed by atoms with Crippen molar-refractivity contribution < 1.29 is 5.48 Å². The highest BCUT2D eigenvalue weighted by Crippen LogP contribution is 2.51. The highest BCUT2D eigenvalue weighted by Gasteiger charge is 2.36. The fraction of sp³-hybridized carbons (Fsp3) is 0.0448. The molecule has 12 aromatic rings. The third-order valence-electron chi connectivity index (χ3n) is 14.2. The van der Waals surface area contributed by atoms with Gasteiger partial charge in [-0.05, 0) is 158 Å². The van der Waals surface area contributed by atoms with Crippen LogP contribution in [0.4, 0.5) is 34.1 Å². The maximum atomic E-state index is 9.58. The summed E-state index contributed by atoms with van der Waals surface area (Å²) in [7, 11) is 0. The monoisotopic (exact) mass is 899 g/mol. The van der Waals surface area contributed by atoms with E-state index in [1.807, 2.05) is 95.9 Å². The molecule has 0 atom stereocenters. The Morgan fingerprint density at radius 1 is 0.343 bits per heavy atom. The summed E-state index contributed by atoms with van der Waals surface area (Å²) in [4.78, 5) is 4.20. The molecule has 1 aromatic heterocycles. The Balaban J connectivity index is 0.932. The van der Waals surface area contributed by atoms with E-state index in [0.29, 0.717) is 5.56 Å². The SMILES string of the molecule is [2H]c1c([2H])c(N(c2ccccc2)c2cccc(-c3ccccc3)c2)c([2H])c([2H])c1-c1ccc2cc(N(c3ccc4c(c3)C(C)(C)c3ccccc3-4)c3ccc4c(c3)c3ccccc3n4-c3ccccc3)ccc2c1. The van der Waals surface area contributed by atoms with Crippen LogP contribution in [-0.4, -0.2) is 4.57 Å². The van der Waals surface area contributed by atoms with Crippen molar-refractivity contribution >= 4 is 66.7 Å². The van der Waals surface area contributed by atoms with E-state index in [4.69, 9.17) is 0 Å². The second kappa shape index (κ2) is 16.7. The predicted molar refractivity (Wildman–Crippen MR) is 296 cm³/mol. The van der Waals surface area contributed by atoms with Gasteiger partial charge in [0.15, 0.2) is 0 Å². The molecular weight excluding hydrogens is 847 g/mol. The molecule has 0 unspecified atom stereocenters. The van der Waals surface area contributed by atoms with Gasteiger partial charge in [-0.15, -0.1) is 0 Å². The van der Waals surface area contributed by atoms with Gasteiger partial charge in [-0.25, -0.2) is 0 Å². The van der Waals surface area contributed by atoms with Crippen molar-refractivity contribution in [2.75, 3.05) is 9.80 Å². The van der Waals surface area contributed by atoms with Gasteiger partial charge in [0, 0.05) is 56.0 Å². The summed E-state index contributed by atoms with van der Waals surface area (Å²) in [5.41, 5.74) is 15.9. The molecule has 13 rings (SSSR count). The van der Waals surface area contributed by atoms with E-state index in [-0.39, 0.29) is 40.8 Å². The number of anilines is 6. The molecule has 0 aliphatic heterocycles. The number of aromatic nitrogens is 1. The molecular formula is C67H49N3. The minimum Gasteiger partial charge on any atom is -0.310 e. The van der Waals surface area contributed by atoms with Crippen LogP contribution in [0.1, 0.15) is 30.5 Å². The van der Waals surface area contributed by atoms with Gasteiger partial charge in [-0.3, -0.25) is 0 Å². The quantitative estimate of drug-likeness (QED) is 0.143. The molecule has 0 bridgehead atoms. The Morgan fingerprint density at radius 3 is 1.73 bits per heavy atom. The Bertz CT molecular complexity index is 4140. The van der Waals surface area contributed by atoms with Gasteiger partial charge in [0.1, 0.15) is 0 Å². The molecule has 0 N–H and O–H groups in total. The minimum absolute atomic E-state index is 0.103. The van der Waals surface area contributed by atoms with E-state index in [1.165, 1.54) is 27.6 Å². The zero-order valence-corrected chi connectivity index (χ0v) is 38.9. The number of para-hydroxylation sites is 3. The first-order valence-corrected chi connectivity index (χ1v) is 23.9. The molecule has 0 saturated heterocycles. The first-order chi connectivity index (χ1) is 36.1. The summed E-state index contributed by atoms with van der Waals surface area (Å²) < 4.78 is 40.6. The second-order valence-electron chi connectivity index (χ2n) is 18.7. The number of rotatable bonds is 9. The summed E-state index contributed by atoms with van der Waals surface area (Å²) in [5, 5.41) is 4.23. The van der Waals surface area contributed by atoms with Crippen molar-refractivity contribution in [3.8, 4) is 39.1 Å². The maximum Gasteiger partial charge on any atom is 0.0645 e. The summed E-state index contributed by atoms with van der Waals surface area (Å²) in [6, 6.07) is 81.3. The van der Waals surface area contributed by atoms with E-state index < -0.39 is 0 Å². The first kappa shape index (κ1) is 37.1. The van der Waals surface area contributed by atoms with Crippen LogP contribution in [0.5, 0.6) is 0 Å². The lowest BCUT2D eigenvalue weighted by Gasteiger charge is -2.28. The normalized spacial score (nSPS) is 13.3. The molecule has 0 radical (unpaired) electrons. The van der Waals surface area contributed by atoms with Crippen LogP contribution in [0.15, 0.2) is 261 Å². The van der Waals surface area contributed by atoms with E-state index in [1.54, 1.807) is 0 Å². The standard InChI is InChI=1S/C67H49N3/c1-67(2)63-27-14-12-25-59(63)60-39-37-58(45-64(60)67)69(57-38-40-66-62(44-57)61-26-13-15-28-65(61)70(66)53-22-10-5-11-23-53)56-36-33-50-41-49(29-30-51(50)43-56)47-31-34-54(35-32-47)68(52-20-8-4-9-21-52)55-24-16-19-48(42-55)46-17-6-3-7-18-46/h3-45H,1-2H3/i31D,32D,34D,35D. The fourth-order valence-corrected chi connectivity index (χ4v) is 10.8. The molecule has 1 aliphatic carbocycles. The molecule has 332 valence electrons. The van der Waals surface area contributed by atoms with Crippen LogP contribution in [0.2, 0.25) is 0 Å². The van der Waals surface area contributed by atoms with Gasteiger partial charge < -0.3 is 14.4 Å². The molecule has 3 heteroatoms. The largest absolute Gasteiger partial charge is 0.310 e. The first-order valence-electron chi connectivity index (χ1n) is 25.9. The molecule has 0 saturated carbocycles. The lowest BCUT2D eigenvalue weighted by atomic mass is 9.82. The third-order valence-corrected chi connectivity index (χ3v) is 14.2. The van der Waals surface area contributed by atoms with E-state index >= 15 is 0 Å². The van der Waals surface area contributed by atoms with Crippen LogP contribution < -0.4 is 9.80 Å². The van der Waals surface area contributed by atoms with Crippen LogP contribution in [0.25, 0.3) is 71.6 Å². The molecule has 11 aromatic carbocycles. The highest BCUT2D eigenvalue weighted by atomic mass is 15.1. The highest BCUT2D eigenvalue weighted by molar-refractivity contribution is 6.11. The predicted octanol–water partition coefficient (Wildman–Crippen LogP) is 18.5. The summed E-state index contributed by atoms with van der Waals surface area (Å²) >= 11 is 0. The Labute approximate surface area is 415 Å². The lowest BCUT2D eigenvalue weighted by Crippen LogP contribution is -2.16. The molecule has 0 fully saturated rings. The van der Waals surface area contributed by atoms with Gasteiger partial charge in [-0.1, -0.05) is 172 Å². The molecule has 3 nitrogen and oxygen atoms in total. The number of fused-ring (bicyclic) bond motifs is 7. The van der Waals surface area contributed by atoms with Crippen molar-refractivity contribution in [3.05, 3.63) is 272 Å². The number of hydrogen-bond donors (Lipinski definition) is 0. The van der Waals surface area contributed by atoms with Crippen molar-refractivity contribution in [2.24, 2.45) is 0 Å². The topological polar surface area (TPSA) is 11.4 Å². The zero-order chi connectivity index (χ0) is 50.2. The maximum absolute atomic E-state index is 9.58. The van der Waals surface area contributed by atoms with Crippen molar-refractivity contribution in [1.29, 1.82) is 0 Å². The van der Waals surface area contributed by atoms with Gasteiger partial charge in [0.2, 0.25) is 0 Å². The van der Waals surface area contributed by atoms with E-state index in [2.05, 4.69) is 169 Å². The number of nitrogens with zero attached hydrogens (tertiary/aromatic N) is 3. The Hall–Kier alpha value is -8.92. The summed E-state index contributed by atoms with van der Waals surface area (Å²) in [5.74, 6) is 0. The van der Waals surface area contributed by atoms with Crippen LogP contribution in [0, 0.1) is 0 Å². The average Bonchev–Trinajstić information content (AvgIpc) is 3.91. The molecule has 0 spiro atoms. The summed E-state index contributed by atoms with van der Waals surface area (Å²) in [6.45, 7) is 4.64. The smallest absolute Gasteiger partial charge is 0.0645 e.